The zero-order chi connectivity index (χ0) is 16.8. The molecule has 0 unspecified atom stereocenters. The van der Waals surface area contributed by atoms with Crippen LogP contribution in [0.1, 0.15) is 33.6 Å². The van der Waals surface area contributed by atoms with Gasteiger partial charge in [-0.05, 0) is 38.5 Å². The highest BCUT2D eigenvalue weighted by Crippen LogP contribution is 2.31. The van der Waals surface area contributed by atoms with Crippen molar-refractivity contribution in [2.24, 2.45) is 0 Å². The third-order valence-electron chi connectivity index (χ3n) is 3.40. The summed E-state index contributed by atoms with van der Waals surface area (Å²) in [5.74, 6) is 0.458. The number of hydrogen-bond donors (Lipinski definition) is 2. The maximum atomic E-state index is 12.1. The number of pyridine rings is 1. The van der Waals surface area contributed by atoms with Crippen molar-refractivity contribution in [2.75, 3.05) is 13.2 Å². The van der Waals surface area contributed by atoms with Crippen LogP contribution < -0.4 is 15.0 Å². The van der Waals surface area contributed by atoms with E-state index in [1.54, 1.807) is 18.2 Å². The Labute approximate surface area is 135 Å². The molecule has 2 N–H and O–H groups in total. The molecule has 2 aromatic rings. The van der Waals surface area contributed by atoms with Gasteiger partial charge in [0.2, 0.25) is 5.75 Å². The van der Waals surface area contributed by atoms with Crippen molar-refractivity contribution in [1.29, 1.82) is 0 Å². The molecule has 1 aromatic heterocycles. The Kier molecular flexibility index (Phi) is 5.68. The van der Waals surface area contributed by atoms with E-state index in [-0.39, 0.29) is 18.1 Å². The molecule has 0 fully saturated rings. The van der Waals surface area contributed by atoms with Gasteiger partial charge in [-0.25, -0.2) is 0 Å². The predicted octanol–water partition coefficient (Wildman–Crippen LogP) is 3.76. The van der Waals surface area contributed by atoms with Crippen molar-refractivity contribution in [3.8, 4) is 17.2 Å². The molecule has 0 spiro atoms. The van der Waals surface area contributed by atoms with E-state index in [9.17, 15) is 9.90 Å². The van der Waals surface area contributed by atoms with Crippen molar-refractivity contribution in [1.82, 2.24) is 4.98 Å². The Morgan fingerprint density at radius 2 is 2.09 bits per heavy atom. The van der Waals surface area contributed by atoms with Crippen molar-refractivity contribution < 1.29 is 14.6 Å². The molecule has 0 saturated heterocycles. The molecular formula is C18H23NO4. The van der Waals surface area contributed by atoms with Crippen LogP contribution >= 0.6 is 0 Å². The number of hydrogen-bond acceptors (Lipinski definition) is 4. The summed E-state index contributed by atoms with van der Waals surface area (Å²) in [5, 5.41) is 10.8. The van der Waals surface area contributed by atoms with Gasteiger partial charge in [-0.2, -0.15) is 0 Å². The highest BCUT2D eigenvalue weighted by Gasteiger charge is 2.13. The summed E-state index contributed by atoms with van der Waals surface area (Å²) < 4.78 is 11.0. The van der Waals surface area contributed by atoms with Crippen molar-refractivity contribution in [2.45, 2.75) is 33.6 Å². The van der Waals surface area contributed by atoms with Crippen LogP contribution in [0.5, 0.6) is 17.2 Å². The third kappa shape index (κ3) is 4.28. The number of rotatable bonds is 7. The topological polar surface area (TPSA) is 71.5 Å². The van der Waals surface area contributed by atoms with Gasteiger partial charge in [0.1, 0.15) is 12.4 Å². The maximum Gasteiger partial charge on any atom is 0.294 e. The molecule has 0 radical (unpaired) electrons. The minimum absolute atomic E-state index is 0.0605. The van der Waals surface area contributed by atoms with Crippen LogP contribution in [0.15, 0.2) is 34.6 Å². The number of ether oxygens (including phenoxy) is 2. The molecule has 2 rings (SSSR count). The van der Waals surface area contributed by atoms with Gasteiger partial charge in [-0.1, -0.05) is 18.9 Å². The minimum Gasteiger partial charge on any atom is -0.504 e. The van der Waals surface area contributed by atoms with E-state index >= 15 is 0 Å². The summed E-state index contributed by atoms with van der Waals surface area (Å²) >= 11 is 0. The van der Waals surface area contributed by atoms with Crippen LogP contribution in [0.25, 0.3) is 10.9 Å². The Morgan fingerprint density at radius 3 is 2.78 bits per heavy atom. The smallest absolute Gasteiger partial charge is 0.294 e. The molecular weight excluding hydrogens is 294 g/mol. The number of aromatic hydroxyl groups is 1. The van der Waals surface area contributed by atoms with E-state index in [0.717, 1.165) is 18.4 Å². The lowest BCUT2D eigenvalue weighted by atomic mass is 10.2. The standard InChI is InChI=1S/C18H23NO4/c1-4-5-9-22-13-6-7-14-15(11-13)19-18(21)17(16(14)20)23-10-8-12(2)3/h6-8,11H,4-5,9-10H2,1-3H3,(H2,19,20,21). The molecule has 124 valence electrons. The van der Waals surface area contributed by atoms with E-state index in [4.69, 9.17) is 9.47 Å². The van der Waals surface area contributed by atoms with Crippen LogP contribution in [0.2, 0.25) is 0 Å². The van der Waals surface area contributed by atoms with Crippen molar-refractivity contribution in [3.63, 3.8) is 0 Å². The number of aromatic amines is 1. The fourth-order valence-corrected chi connectivity index (χ4v) is 2.09. The van der Waals surface area contributed by atoms with E-state index in [1.165, 1.54) is 0 Å². The van der Waals surface area contributed by atoms with Gasteiger partial charge < -0.3 is 19.6 Å². The number of fused-ring (bicyclic) bond motifs is 1. The van der Waals surface area contributed by atoms with Gasteiger partial charge >= 0.3 is 0 Å². The number of benzene rings is 1. The van der Waals surface area contributed by atoms with Gasteiger partial charge in [0.15, 0.2) is 5.75 Å². The third-order valence-corrected chi connectivity index (χ3v) is 3.40. The number of aromatic nitrogens is 1. The quantitative estimate of drug-likeness (QED) is 0.602. The summed E-state index contributed by atoms with van der Waals surface area (Å²) in [5.41, 5.74) is 1.15. The lowest BCUT2D eigenvalue weighted by Crippen LogP contribution is -2.12. The first-order chi connectivity index (χ1) is 11.0. The summed E-state index contributed by atoms with van der Waals surface area (Å²) in [7, 11) is 0. The van der Waals surface area contributed by atoms with E-state index in [1.807, 2.05) is 19.9 Å². The monoisotopic (exact) mass is 317 g/mol. The normalized spacial score (nSPS) is 10.6. The zero-order valence-corrected chi connectivity index (χ0v) is 13.8. The van der Waals surface area contributed by atoms with Gasteiger partial charge in [0, 0.05) is 11.5 Å². The van der Waals surface area contributed by atoms with Crippen LogP contribution in [-0.4, -0.2) is 23.3 Å². The predicted molar refractivity (Wildman–Crippen MR) is 91.6 cm³/mol. The van der Waals surface area contributed by atoms with Crippen LogP contribution in [0.4, 0.5) is 0 Å². The van der Waals surface area contributed by atoms with Gasteiger partial charge in [-0.3, -0.25) is 4.79 Å². The highest BCUT2D eigenvalue weighted by atomic mass is 16.5. The van der Waals surface area contributed by atoms with Crippen molar-refractivity contribution in [3.05, 3.63) is 40.2 Å². The minimum atomic E-state index is -0.456. The molecule has 0 bridgehead atoms. The molecule has 5 heteroatoms. The van der Waals surface area contributed by atoms with Crippen LogP contribution in [-0.2, 0) is 0 Å². The molecule has 0 atom stereocenters. The summed E-state index contributed by atoms with van der Waals surface area (Å²) in [4.78, 5) is 14.8. The summed E-state index contributed by atoms with van der Waals surface area (Å²) in [6.45, 7) is 6.84. The molecule has 1 aromatic carbocycles. The van der Waals surface area contributed by atoms with Crippen molar-refractivity contribution >= 4 is 10.9 Å². The Morgan fingerprint density at radius 1 is 1.30 bits per heavy atom. The lowest BCUT2D eigenvalue weighted by Gasteiger charge is -2.10. The molecule has 0 saturated carbocycles. The lowest BCUT2D eigenvalue weighted by molar-refractivity contribution is 0.309. The molecule has 0 aliphatic rings. The van der Waals surface area contributed by atoms with Gasteiger partial charge in [0.25, 0.3) is 5.56 Å². The Balaban J connectivity index is 2.30. The summed E-state index contributed by atoms with van der Waals surface area (Å²) in [6, 6.07) is 5.21. The largest absolute Gasteiger partial charge is 0.504 e. The maximum absolute atomic E-state index is 12.1. The van der Waals surface area contributed by atoms with E-state index in [0.29, 0.717) is 23.3 Å². The zero-order valence-electron chi connectivity index (χ0n) is 13.8. The van der Waals surface area contributed by atoms with E-state index in [2.05, 4.69) is 11.9 Å². The molecule has 23 heavy (non-hydrogen) atoms. The average Bonchev–Trinajstić information content (AvgIpc) is 2.50. The fraction of sp³-hybridized carbons (Fsp3) is 0.389. The first-order valence-corrected chi connectivity index (χ1v) is 7.81. The molecule has 0 aliphatic carbocycles. The summed E-state index contributed by atoms with van der Waals surface area (Å²) in [6.07, 6.45) is 3.86. The molecule has 0 amide bonds. The Bertz CT molecular complexity index is 757. The molecule has 5 nitrogen and oxygen atoms in total. The SMILES string of the molecule is CCCCOc1ccc2c(O)c(OCC=C(C)C)c(=O)[nH]c2c1. The van der Waals surface area contributed by atoms with Gasteiger partial charge in [-0.15, -0.1) is 0 Å². The Hall–Kier alpha value is -2.43. The average molecular weight is 317 g/mol. The molecule has 1 heterocycles. The second-order valence-corrected chi connectivity index (χ2v) is 5.63. The van der Waals surface area contributed by atoms with Gasteiger partial charge in [0.05, 0.1) is 12.1 Å². The first-order valence-electron chi connectivity index (χ1n) is 7.81. The van der Waals surface area contributed by atoms with Crippen LogP contribution in [0, 0.1) is 0 Å². The van der Waals surface area contributed by atoms with Crippen LogP contribution in [0.3, 0.4) is 0 Å². The number of H-pyrrole nitrogens is 1. The van der Waals surface area contributed by atoms with E-state index < -0.39 is 5.56 Å². The first kappa shape index (κ1) is 16.9. The molecule has 0 aliphatic heterocycles. The number of nitrogens with one attached hydrogen (secondary N) is 1. The second-order valence-electron chi connectivity index (χ2n) is 5.63. The number of allylic oxidation sites excluding steroid dienone is 1. The fourth-order valence-electron chi connectivity index (χ4n) is 2.09. The number of unbranched alkanes of at least 4 members (excludes halogenated alkanes) is 1. The second kappa shape index (κ2) is 7.72. The highest BCUT2D eigenvalue weighted by molar-refractivity contribution is 5.87.